The SMILES string of the molecule is CC[C@@H](Cl)N1CCN(C)CC1. The molecule has 1 fully saturated rings. The topological polar surface area (TPSA) is 6.48 Å². The van der Waals surface area contributed by atoms with Crippen molar-refractivity contribution < 1.29 is 0 Å². The Hall–Kier alpha value is 0.210. The van der Waals surface area contributed by atoms with Crippen molar-refractivity contribution in [1.29, 1.82) is 0 Å². The Bertz CT molecular complexity index is 111. The average Bonchev–Trinajstić information content (AvgIpc) is 2.05. The second-order valence-electron chi connectivity index (χ2n) is 3.18. The number of alkyl halides is 1. The van der Waals surface area contributed by atoms with Gasteiger partial charge in [0.25, 0.3) is 0 Å². The monoisotopic (exact) mass is 176 g/mol. The molecule has 1 saturated heterocycles. The predicted octanol–water partition coefficient (Wildman–Crippen LogP) is 1.21. The maximum absolute atomic E-state index is 6.10. The van der Waals surface area contributed by atoms with Gasteiger partial charge in [0.05, 0.1) is 5.50 Å². The molecular weight excluding hydrogens is 160 g/mol. The number of rotatable bonds is 2. The van der Waals surface area contributed by atoms with E-state index in [4.69, 9.17) is 11.6 Å². The summed E-state index contributed by atoms with van der Waals surface area (Å²) in [5.41, 5.74) is 0.253. The highest BCUT2D eigenvalue weighted by Gasteiger charge is 2.18. The van der Waals surface area contributed by atoms with E-state index in [0.717, 1.165) is 32.6 Å². The van der Waals surface area contributed by atoms with Gasteiger partial charge >= 0.3 is 0 Å². The van der Waals surface area contributed by atoms with Gasteiger partial charge in [0.1, 0.15) is 0 Å². The summed E-state index contributed by atoms with van der Waals surface area (Å²) in [6.07, 6.45) is 1.05. The predicted molar refractivity (Wildman–Crippen MR) is 49.0 cm³/mol. The molecule has 1 heterocycles. The Morgan fingerprint density at radius 1 is 1.27 bits per heavy atom. The first-order valence-corrected chi connectivity index (χ1v) is 4.74. The first-order chi connectivity index (χ1) is 5.24. The molecule has 0 spiro atoms. The van der Waals surface area contributed by atoms with Crippen LogP contribution in [0.5, 0.6) is 0 Å². The smallest absolute Gasteiger partial charge is 0.0848 e. The number of hydrogen-bond acceptors (Lipinski definition) is 2. The summed E-state index contributed by atoms with van der Waals surface area (Å²) < 4.78 is 0. The van der Waals surface area contributed by atoms with Gasteiger partial charge in [0, 0.05) is 26.2 Å². The van der Waals surface area contributed by atoms with E-state index in [-0.39, 0.29) is 5.50 Å². The lowest BCUT2D eigenvalue weighted by Gasteiger charge is -2.34. The molecule has 3 heteroatoms. The van der Waals surface area contributed by atoms with E-state index < -0.39 is 0 Å². The fraction of sp³-hybridized carbons (Fsp3) is 1.00. The molecule has 66 valence electrons. The van der Waals surface area contributed by atoms with E-state index in [1.165, 1.54) is 0 Å². The van der Waals surface area contributed by atoms with Crippen molar-refractivity contribution in [2.45, 2.75) is 18.8 Å². The molecule has 0 unspecified atom stereocenters. The van der Waals surface area contributed by atoms with Crippen molar-refractivity contribution in [2.24, 2.45) is 0 Å². The molecular formula is C8H17ClN2. The summed E-state index contributed by atoms with van der Waals surface area (Å²) in [4.78, 5) is 4.69. The lowest BCUT2D eigenvalue weighted by molar-refractivity contribution is 0.140. The highest BCUT2D eigenvalue weighted by Crippen LogP contribution is 2.11. The molecule has 0 aliphatic carbocycles. The standard InChI is InChI=1S/C8H17ClN2/c1-3-8(9)11-6-4-10(2)5-7-11/h8H,3-7H2,1-2H3/t8-/m0/s1. The van der Waals surface area contributed by atoms with Gasteiger partial charge in [-0.15, -0.1) is 11.6 Å². The van der Waals surface area contributed by atoms with Crippen LogP contribution in [0.4, 0.5) is 0 Å². The van der Waals surface area contributed by atoms with Crippen molar-refractivity contribution in [2.75, 3.05) is 33.2 Å². The van der Waals surface area contributed by atoms with Gasteiger partial charge in [-0.1, -0.05) is 6.92 Å². The molecule has 0 N–H and O–H groups in total. The van der Waals surface area contributed by atoms with Crippen molar-refractivity contribution in [1.82, 2.24) is 9.80 Å². The zero-order valence-electron chi connectivity index (χ0n) is 7.39. The summed E-state index contributed by atoms with van der Waals surface area (Å²) >= 11 is 6.10. The minimum Gasteiger partial charge on any atom is -0.304 e. The molecule has 0 amide bonds. The number of piperazine rings is 1. The van der Waals surface area contributed by atoms with E-state index in [1.54, 1.807) is 0 Å². The van der Waals surface area contributed by atoms with Crippen LogP contribution in [-0.4, -0.2) is 48.5 Å². The van der Waals surface area contributed by atoms with Crippen LogP contribution in [0.15, 0.2) is 0 Å². The number of nitrogens with zero attached hydrogens (tertiary/aromatic N) is 2. The van der Waals surface area contributed by atoms with E-state index in [1.807, 2.05) is 0 Å². The Kier molecular flexibility index (Phi) is 3.63. The zero-order valence-corrected chi connectivity index (χ0v) is 8.14. The molecule has 0 aromatic rings. The Morgan fingerprint density at radius 3 is 2.27 bits per heavy atom. The van der Waals surface area contributed by atoms with Crippen LogP contribution in [-0.2, 0) is 0 Å². The van der Waals surface area contributed by atoms with Crippen molar-refractivity contribution in [3.63, 3.8) is 0 Å². The minimum atomic E-state index is 0.253. The van der Waals surface area contributed by atoms with Crippen molar-refractivity contribution in [3.05, 3.63) is 0 Å². The molecule has 1 aliphatic heterocycles. The maximum atomic E-state index is 6.10. The van der Waals surface area contributed by atoms with E-state index in [9.17, 15) is 0 Å². The quantitative estimate of drug-likeness (QED) is 0.461. The third-order valence-corrected chi connectivity index (χ3v) is 2.86. The largest absolute Gasteiger partial charge is 0.304 e. The molecule has 0 bridgehead atoms. The van der Waals surface area contributed by atoms with E-state index >= 15 is 0 Å². The minimum absolute atomic E-state index is 0.253. The molecule has 0 aromatic carbocycles. The summed E-state index contributed by atoms with van der Waals surface area (Å²) in [6.45, 7) is 6.69. The highest BCUT2D eigenvalue weighted by atomic mass is 35.5. The van der Waals surface area contributed by atoms with Gasteiger partial charge in [0.15, 0.2) is 0 Å². The third kappa shape index (κ3) is 2.62. The normalized spacial score (nSPS) is 25.4. The zero-order chi connectivity index (χ0) is 8.27. The highest BCUT2D eigenvalue weighted by molar-refractivity contribution is 6.20. The second kappa shape index (κ2) is 4.29. The van der Waals surface area contributed by atoms with Crippen LogP contribution >= 0.6 is 11.6 Å². The molecule has 11 heavy (non-hydrogen) atoms. The van der Waals surface area contributed by atoms with Crippen LogP contribution < -0.4 is 0 Å². The Morgan fingerprint density at radius 2 is 1.82 bits per heavy atom. The summed E-state index contributed by atoms with van der Waals surface area (Å²) in [7, 11) is 2.16. The first kappa shape index (κ1) is 9.30. The Balaban J connectivity index is 2.27. The van der Waals surface area contributed by atoms with Crippen LogP contribution in [0.3, 0.4) is 0 Å². The molecule has 0 saturated carbocycles. The average molecular weight is 177 g/mol. The lowest BCUT2D eigenvalue weighted by Crippen LogP contribution is -2.47. The summed E-state index contributed by atoms with van der Waals surface area (Å²) in [6, 6.07) is 0. The molecule has 0 radical (unpaired) electrons. The summed E-state index contributed by atoms with van der Waals surface area (Å²) in [5, 5.41) is 0. The van der Waals surface area contributed by atoms with Gasteiger partial charge in [0.2, 0.25) is 0 Å². The van der Waals surface area contributed by atoms with E-state index in [2.05, 4.69) is 23.8 Å². The van der Waals surface area contributed by atoms with Crippen LogP contribution in [0.2, 0.25) is 0 Å². The third-order valence-electron chi connectivity index (χ3n) is 2.27. The van der Waals surface area contributed by atoms with Gasteiger partial charge < -0.3 is 4.90 Å². The molecule has 1 aliphatic rings. The second-order valence-corrected chi connectivity index (χ2v) is 3.69. The fourth-order valence-corrected chi connectivity index (χ4v) is 1.56. The van der Waals surface area contributed by atoms with Gasteiger partial charge in [-0.05, 0) is 13.5 Å². The van der Waals surface area contributed by atoms with Crippen LogP contribution in [0.25, 0.3) is 0 Å². The maximum Gasteiger partial charge on any atom is 0.0848 e. The summed E-state index contributed by atoms with van der Waals surface area (Å²) in [5.74, 6) is 0. The molecule has 1 atom stereocenters. The number of halogens is 1. The number of likely N-dealkylation sites (N-methyl/N-ethyl adjacent to an activating group) is 1. The molecule has 0 aromatic heterocycles. The van der Waals surface area contributed by atoms with Crippen LogP contribution in [0, 0.1) is 0 Å². The Labute approximate surface area is 74.1 Å². The van der Waals surface area contributed by atoms with Gasteiger partial charge in [-0.3, -0.25) is 4.90 Å². The van der Waals surface area contributed by atoms with E-state index in [0.29, 0.717) is 0 Å². The van der Waals surface area contributed by atoms with Gasteiger partial charge in [-0.25, -0.2) is 0 Å². The number of hydrogen-bond donors (Lipinski definition) is 0. The fourth-order valence-electron chi connectivity index (χ4n) is 1.36. The first-order valence-electron chi connectivity index (χ1n) is 4.30. The lowest BCUT2D eigenvalue weighted by atomic mass is 10.3. The van der Waals surface area contributed by atoms with Gasteiger partial charge in [-0.2, -0.15) is 0 Å². The molecule has 2 nitrogen and oxygen atoms in total. The van der Waals surface area contributed by atoms with Crippen LogP contribution in [0.1, 0.15) is 13.3 Å². The van der Waals surface area contributed by atoms with Crippen molar-refractivity contribution >= 4 is 11.6 Å². The van der Waals surface area contributed by atoms with Crippen molar-refractivity contribution in [3.8, 4) is 0 Å². The molecule has 1 rings (SSSR count).